The van der Waals surface area contributed by atoms with Crippen molar-refractivity contribution in [3.63, 3.8) is 0 Å². The normalized spacial score (nSPS) is 25.1. The maximum Gasteiger partial charge on any atom is 0.225 e. The molecule has 1 aromatic rings. The van der Waals surface area contributed by atoms with E-state index in [0.29, 0.717) is 6.42 Å². The SMILES string of the molecule is CCCCCCCCCCCCCC[C@@H](O)[C@@H](O)[C@H](CO[C@H]1O[C@H](CO)[C@H](O)[C@H](O)[C@H]1O)NC(=O)Cc1cccs1. The summed E-state index contributed by atoms with van der Waals surface area (Å²) in [4.78, 5) is 13.5. The Morgan fingerprint density at radius 1 is 0.951 bits per heavy atom. The second-order valence-electron chi connectivity index (χ2n) is 11.2. The molecule has 1 saturated heterocycles. The Balaban J connectivity index is 1.80. The third-order valence-electron chi connectivity index (χ3n) is 7.71. The van der Waals surface area contributed by atoms with Gasteiger partial charge in [0.25, 0.3) is 0 Å². The van der Waals surface area contributed by atoms with Crippen molar-refractivity contribution in [3.05, 3.63) is 22.4 Å². The topological polar surface area (TPSA) is 169 Å². The minimum absolute atomic E-state index is 0.0930. The van der Waals surface area contributed by atoms with E-state index < -0.39 is 55.6 Å². The Morgan fingerprint density at radius 2 is 1.56 bits per heavy atom. The molecule has 1 aliphatic rings. The van der Waals surface area contributed by atoms with Crippen LogP contribution in [-0.2, 0) is 20.7 Å². The number of carbonyl (C=O) groups is 1. The largest absolute Gasteiger partial charge is 0.394 e. The van der Waals surface area contributed by atoms with Crippen molar-refractivity contribution in [1.29, 1.82) is 0 Å². The number of rotatable bonds is 22. The zero-order valence-electron chi connectivity index (χ0n) is 24.5. The van der Waals surface area contributed by atoms with Gasteiger partial charge in [0.15, 0.2) is 6.29 Å². The number of aliphatic hydroxyl groups excluding tert-OH is 6. The van der Waals surface area contributed by atoms with Crippen molar-refractivity contribution in [3.8, 4) is 0 Å². The molecule has 238 valence electrons. The summed E-state index contributed by atoms with van der Waals surface area (Å²) < 4.78 is 11.0. The van der Waals surface area contributed by atoms with Crippen LogP contribution in [0.3, 0.4) is 0 Å². The Morgan fingerprint density at radius 3 is 2.12 bits per heavy atom. The summed E-state index contributed by atoms with van der Waals surface area (Å²) in [5.74, 6) is -0.369. The minimum atomic E-state index is -1.61. The lowest BCUT2D eigenvalue weighted by Gasteiger charge is -2.40. The highest BCUT2D eigenvalue weighted by atomic mass is 32.1. The van der Waals surface area contributed by atoms with Gasteiger partial charge in [-0.1, -0.05) is 90.0 Å². The van der Waals surface area contributed by atoms with Gasteiger partial charge in [0.2, 0.25) is 5.91 Å². The highest BCUT2D eigenvalue weighted by Gasteiger charge is 2.44. The number of carbonyl (C=O) groups excluding carboxylic acids is 1. The van der Waals surface area contributed by atoms with Crippen LogP contribution in [0.4, 0.5) is 0 Å². The molecule has 1 aromatic heterocycles. The zero-order valence-corrected chi connectivity index (χ0v) is 25.3. The average molecular weight is 604 g/mol. The van der Waals surface area contributed by atoms with E-state index >= 15 is 0 Å². The Bertz CT molecular complexity index is 797. The van der Waals surface area contributed by atoms with Gasteiger partial charge in [-0.2, -0.15) is 0 Å². The third kappa shape index (κ3) is 13.4. The molecule has 2 heterocycles. The first-order chi connectivity index (χ1) is 19.8. The van der Waals surface area contributed by atoms with Gasteiger partial charge >= 0.3 is 0 Å². The van der Waals surface area contributed by atoms with Crippen LogP contribution in [0, 0.1) is 0 Å². The van der Waals surface area contributed by atoms with Crippen molar-refractivity contribution in [2.45, 2.75) is 146 Å². The lowest BCUT2D eigenvalue weighted by Crippen LogP contribution is -2.60. The van der Waals surface area contributed by atoms with Gasteiger partial charge < -0.3 is 45.4 Å². The minimum Gasteiger partial charge on any atom is -0.394 e. The van der Waals surface area contributed by atoms with Crippen LogP contribution in [0.2, 0.25) is 0 Å². The van der Waals surface area contributed by atoms with Crippen molar-refractivity contribution in [2.75, 3.05) is 13.2 Å². The summed E-state index contributed by atoms with van der Waals surface area (Å²) in [6.07, 6.45) is 4.93. The molecule has 41 heavy (non-hydrogen) atoms. The van der Waals surface area contributed by atoms with Gasteiger partial charge in [0.05, 0.1) is 31.8 Å². The molecule has 1 fully saturated rings. The van der Waals surface area contributed by atoms with E-state index in [9.17, 15) is 35.4 Å². The first-order valence-corrected chi connectivity index (χ1v) is 16.3. The number of amides is 1. The van der Waals surface area contributed by atoms with Crippen LogP contribution in [0.1, 0.15) is 95.3 Å². The fourth-order valence-corrected chi connectivity index (χ4v) is 5.80. The molecule has 11 heteroatoms. The summed E-state index contributed by atoms with van der Waals surface area (Å²) in [7, 11) is 0. The summed E-state index contributed by atoms with van der Waals surface area (Å²) in [6, 6.07) is 2.63. The predicted molar refractivity (Wildman–Crippen MR) is 157 cm³/mol. The molecule has 0 spiro atoms. The first kappa shape index (κ1) is 36.0. The van der Waals surface area contributed by atoms with Crippen LogP contribution in [0.25, 0.3) is 0 Å². The standard InChI is InChI=1S/C30H53NO9S/c1-2-3-4-5-6-7-8-9-10-11-12-13-16-23(33)26(35)22(31-25(34)18-21-15-14-17-41-21)20-39-30-29(38)28(37)27(36)24(19-32)40-30/h14-15,17,22-24,26-30,32-33,35-38H,2-13,16,18-20H2,1H3,(H,31,34)/t22-,23+,24+,26-,27-,28-,29+,30-/m0/s1. The van der Waals surface area contributed by atoms with Gasteiger partial charge in [-0.05, 0) is 17.9 Å². The average Bonchev–Trinajstić information content (AvgIpc) is 3.47. The molecule has 0 bridgehead atoms. The number of hydrogen-bond donors (Lipinski definition) is 7. The second-order valence-corrected chi connectivity index (χ2v) is 12.2. The predicted octanol–water partition coefficient (Wildman–Crippen LogP) is 2.40. The summed E-state index contributed by atoms with van der Waals surface area (Å²) >= 11 is 1.43. The van der Waals surface area contributed by atoms with Gasteiger partial charge in [0.1, 0.15) is 30.5 Å². The lowest BCUT2D eigenvalue weighted by atomic mass is 9.98. The van der Waals surface area contributed by atoms with E-state index in [1.807, 2.05) is 17.5 Å². The van der Waals surface area contributed by atoms with Crippen LogP contribution in [-0.4, -0.2) is 98.7 Å². The molecule has 2 rings (SSSR count). The summed E-state index contributed by atoms with van der Waals surface area (Å²) in [5.41, 5.74) is 0. The second kappa shape index (κ2) is 20.7. The molecular formula is C30H53NO9S. The van der Waals surface area contributed by atoms with Crippen molar-refractivity contribution >= 4 is 17.2 Å². The molecular weight excluding hydrogens is 550 g/mol. The van der Waals surface area contributed by atoms with E-state index in [2.05, 4.69) is 12.2 Å². The molecule has 1 aliphatic heterocycles. The first-order valence-electron chi connectivity index (χ1n) is 15.4. The van der Waals surface area contributed by atoms with E-state index in [4.69, 9.17) is 9.47 Å². The maximum atomic E-state index is 12.7. The summed E-state index contributed by atoms with van der Waals surface area (Å²) in [6.45, 7) is 1.29. The number of nitrogens with one attached hydrogen (secondary N) is 1. The smallest absolute Gasteiger partial charge is 0.225 e. The van der Waals surface area contributed by atoms with E-state index in [1.54, 1.807) is 0 Å². The number of hydrogen-bond acceptors (Lipinski definition) is 10. The molecule has 7 N–H and O–H groups in total. The van der Waals surface area contributed by atoms with Crippen LogP contribution in [0.5, 0.6) is 0 Å². The highest BCUT2D eigenvalue weighted by Crippen LogP contribution is 2.23. The van der Waals surface area contributed by atoms with Crippen LogP contribution < -0.4 is 5.32 Å². The van der Waals surface area contributed by atoms with Crippen molar-refractivity contribution in [2.24, 2.45) is 0 Å². The molecule has 0 aliphatic carbocycles. The molecule has 8 atom stereocenters. The molecule has 0 radical (unpaired) electrons. The van der Waals surface area contributed by atoms with E-state index in [-0.39, 0.29) is 18.9 Å². The number of ether oxygens (including phenoxy) is 2. The maximum absolute atomic E-state index is 12.7. The molecule has 0 unspecified atom stereocenters. The Kier molecular flexibility index (Phi) is 18.2. The highest BCUT2D eigenvalue weighted by molar-refractivity contribution is 7.10. The quantitative estimate of drug-likeness (QED) is 0.0984. The van der Waals surface area contributed by atoms with Gasteiger partial charge in [0, 0.05) is 4.88 Å². The zero-order chi connectivity index (χ0) is 30.0. The number of aliphatic hydroxyl groups is 6. The van der Waals surface area contributed by atoms with Crippen molar-refractivity contribution < 1.29 is 44.9 Å². The summed E-state index contributed by atoms with van der Waals surface area (Å²) in [5, 5.41) is 65.9. The van der Waals surface area contributed by atoms with Crippen molar-refractivity contribution in [1.82, 2.24) is 5.32 Å². The molecule has 1 amide bonds. The number of unbranched alkanes of at least 4 members (excludes halogenated alkanes) is 11. The fourth-order valence-electron chi connectivity index (χ4n) is 5.09. The Labute approximate surface area is 248 Å². The van der Waals surface area contributed by atoms with E-state index in [0.717, 1.165) is 30.6 Å². The van der Waals surface area contributed by atoms with Gasteiger partial charge in [-0.15, -0.1) is 11.3 Å². The van der Waals surface area contributed by atoms with E-state index in [1.165, 1.54) is 62.7 Å². The Hall–Kier alpha value is -1.15. The van der Waals surface area contributed by atoms with Gasteiger partial charge in [-0.3, -0.25) is 4.79 Å². The molecule has 0 saturated carbocycles. The lowest BCUT2D eigenvalue weighted by molar-refractivity contribution is -0.303. The van der Waals surface area contributed by atoms with Crippen LogP contribution >= 0.6 is 11.3 Å². The van der Waals surface area contributed by atoms with Crippen LogP contribution in [0.15, 0.2) is 17.5 Å². The molecule has 10 nitrogen and oxygen atoms in total. The number of thiophene rings is 1. The third-order valence-corrected chi connectivity index (χ3v) is 8.59. The van der Waals surface area contributed by atoms with Gasteiger partial charge in [-0.25, -0.2) is 0 Å². The monoisotopic (exact) mass is 603 g/mol. The fraction of sp³-hybridized carbons (Fsp3) is 0.833. The molecule has 0 aromatic carbocycles.